The minimum atomic E-state index is 0.841. The van der Waals surface area contributed by atoms with Crippen LogP contribution >= 0.6 is 0 Å². The Kier molecular flexibility index (Phi) is 2.62. The minimum Gasteiger partial charge on any atom is -0.360 e. The number of nitrogens with one attached hydrogen (secondary N) is 2. The van der Waals surface area contributed by atoms with Gasteiger partial charge in [0.15, 0.2) is 0 Å². The number of pyridine rings is 1. The molecule has 3 heterocycles. The molecule has 0 bridgehead atoms. The summed E-state index contributed by atoms with van der Waals surface area (Å²) in [5, 5.41) is 4.75. The zero-order valence-corrected chi connectivity index (χ0v) is 9.37. The highest BCUT2D eigenvalue weighted by molar-refractivity contribution is 5.82. The quantitative estimate of drug-likeness (QED) is 0.805. The molecule has 2 N–H and O–H groups in total. The third-order valence-electron chi connectivity index (χ3n) is 3.54. The monoisotopic (exact) mass is 215 g/mol. The van der Waals surface area contributed by atoms with Crippen molar-refractivity contribution in [2.45, 2.75) is 19.3 Å². The van der Waals surface area contributed by atoms with Gasteiger partial charge >= 0.3 is 0 Å². The molecule has 0 saturated carbocycles. The highest BCUT2D eigenvalue weighted by atomic mass is 14.9. The maximum absolute atomic E-state index is 4.13. The average Bonchev–Trinajstić information content (AvgIpc) is 2.74. The van der Waals surface area contributed by atoms with Crippen molar-refractivity contribution in [2.75, 3.05) is 13.1 Å². The first kappa shape index (κ1) is 9.85. The lowest BCUT2D eigenvalue weighted by Crippen LogP contribution is -2.28. The van der Waals surface area contributed by atoms with Crippen molar-refractivity contribution in [3.63, 3.8) is 0 Å². The fourth-order valence-corrected chi connectivity index (χ4v) is 2.60. The standard InChI is InChI=1S/C13H17N3/c1-4-14-5-2-10(1)7-11-8-16-13-9-15-6-3-12(11)13/h3,6,8-10,14,16H,1-2,4-5,7H2. The van der Waals surface area contributed by atoms with E-state index in [2.05, 4.69) is 27.5 Å². The normalized spacial score (nSPS) is 18.0. The van der Waals surface area contributed by atoms with Gasteiger partial charge in [-0.2, -0.15) is 0 Å². The first-order chi connectivity index (χ1) is 7.93. The Labute approximate surface area is 95.3 Å². The molecule has 0 amide bonds. The third-order valence-corrected chi connectivity index (χ3v) is 3.54. The van der Waals surface area contributed by atoms with Crippen LogP contribution in [0.3, 0.4) is 0 Å². The van der Waals surface area contributed by atoms with Crippen LogP contribution in [0.1, 0.15) is 18.4 Å². The molecule has 1 aliphatic heterocycles. The van der Waals surface area contributed by atoms with Gasteiger partial charge in [0.2, 0.25) is 0 Å². The van der Waals surface area contributed by atoms with E-state index in [0.29, 0.717) is 0 Å². The van der Waals surface area contributed by atoms with E-state index in [1.807, 2.05) is 12.4 Å². The van der Waals surface area contributed by atoms with Crippen LogP contribution in [0.2, 0.25) is 0 Å². The number of piperidine rings is 1. The van der Waals surface area contributed by atoms with Gasteiger partial charge in [-0.25, -0.2) is 0 Å². The number of rotatable bonds is 2. The first-order valence-electron chi connectivity index (χ1n) is 6.04. The van der Waals surface area contributed by atoms with E-state index in [0.717, 1.165) is 11.4 Å². The van der Waals surface area contributed by atoms with Crippen LogP contribution in [-0.2, 0) is 6.42 Å². The third kappa shape index (κ3) is 1.83. The molecule has 16 heavy (non-hydrogen) atoms. The van der Waals surface area contributed by atoms with Crippen LogP contribution in [0.15, 0.2) is 24.7 Å². The van der Waals surface area contributed by atoms with E-state index >= 15 is 0 Å². The lowest BCUT2D eigenvalue weighted by molar-refractivity contribution is 0.373. The van der Waals surface area contributed by atoms with Crippen molar-refractivity contribution >= 4 is 10.9 Å². The topological polar surface area (TPSA) is 40.7 Å². The van der Waals surface area contributed by atoms with Crippen molar-refractivity contribution in [1.29, 1.82) is 0 Å². The van der Waals surface area contributed by atoms with Gasteiger partial charge in [0.1, 0.15) is 0 Å². The first-order valence-corrected chi connectivity index (χ1v) is 6.04. The molecular weight excluding hydrogens is 198 g/mol. The molecular formula is C13H17N3. The van der Waals surface area contributed by atoms with Crippen LogP contribution in [0.25, 0.3) is 10.9 Å². The summed E-state index contributed by atoms with van der Waals surface area (Å²) in [5.41, 5.74) is 2.61. The predicted molar refractivity (Wildman–Crippen MR) is 65.4 cm³/mol. The van der Waals surface area contributed by atoms with Gasteiger partial charge in [-0.05, 0) is 49.9 Å². The Morgan fingerprint density at radius 2 is 2.19 bits per heavy atom. The van der Waals surface area contributed by atoms with E-state index in [4.69, 9.17) is 0 Å². The fraction of sp³-hybridized carbons (Fsp3) is 0.462. The van der Waals surface area contributed by atoms with Gasteiger partial charge < -0.3 is 10.3 Å². The van der Waals surface area contributed by atoms with Crippen LogP contribution < -0.4 is 5.32 Å². The van der Waals surface area contributed by atoms with Gasteiger partial charge in [-0.1, -0.05) is 0 Å². The zero-order chi connectivity index (χ0) is 10.8. The molecule has 0 aliphatic carbocycles. The Balaban J connectivity index is 1.83. The summed E-state index contributed by atoms with van der Waals surface area (Å²) in [6.45, 7) is 2.35. The Hall–Kier alpha value is -1.35. The van der Waals surface area contributed by atoms with E-state index in [9.17, 15) is 0 Å². The Morgan fingerprint density at radius 3 is 3.06 bits per heavy atom. The molecule has 1 fully saturated rings. The number of nitrogens with zero attached hydrogens (tertiary/aromatic N) is 1. The second-order valence-corrected chi connectivity index (χ2v) is 4.63. The molecule has 2 aromatic heterocycles. The van der Waals surface area contributed by atoms with Crippen molar-refractivity contribution < 1.29 is 0 Å². The van der Waals surface area contributed by atoms with E-state index in [-0.39, 0.29) is 0 Å². The number of aromatic nitrogens is 2. The van der Waals surface area contributed by atoms with Gasteiger partial charge in [0.05, 0.1) is 11.7 Å². The van der Waals surface area contributed by atoms with E-state index in [1.54, 1.807) is 0 Å². The van der Waals surface area contributed by atoms with E-state index in [1.165, 1.54) is 43.3 Å². The maximum Gasteiger partial charge on any atom is 0.0643 e. The van der Waals surface area contributed by atoms with Gasteiger partial charge in [0.25, 0.3) is 0 Å². The molecule has 3 heteroatoms. The molecule has 3 nitrogen and oxygen atoms in total. The lowest BCUT2D eigenvalue weighted by atomic mass is 9.91. The molecule has 84 valence electrons. The second kappa shape index (κ2) is 4.26. The summed E-state index contributed by atoms with van der Waals surface area (Å²) >= 11 is 0. The van der Waals surface area contributed by atoms with Crippen molar-refractivity contribution in [2.24, 2.45) is 5.92 Å². The van der Waals surface area contributed by atoms with Gasteiger partial charge in [0, 0.05) is 17.8 Å². The smallest absolute Gasteiger partial charge is 0.0643 e. The van der Waals surface area contributed by atoms with Crippen molar-refractivity contribution in [1.82, 2.24) is 15.3 Å². The fourth-order valence-electron chi connectivity index (χ4n) is 2.60. The summed E-state index contributed by atoms with van der Waals surface area (Å²) in [5.74, 6) is 0.841. The Morgan fingerprint density at radius 1 is 1.31 bits per heavy atom. The lowest BCUT2D eigenvalue weighted by Gasteiger charge is -2.22. The number of fused-ring (bicyclic) bond motifs is 1. The largest absolute Gasteiger partial charge is 0.360 e. The molecule has 0 unspecified atom stereocenters. The zero-order valence-electron chi connectivity index (χ0n) is 9.37. The molecule has 1 aliphatic rings. The maximum atomic E-state index is 4.13. The molecule has 1 saturated heterocycles. The van der Waals surface area contributed by atoms with Gasteiger partial charge in [-0.3, -0.25) is 4.98 Å². The van der Waals surface area contributed by atoms with Crippen molar-refractivity contribution in [3.05, 3.63) is 30.2 Å². The number of hydrogen-bond donors (Lipinski definition) is 2. The summed E-state index contributed by atoms with van der Waals surface area (Å²) in [6, 6.07) is 2.11. The number of H-pyrrole nitrogens is 1. The summed E-state index contributed by atoms with van der Waals surface area (Å²) in [7, 11) is 0. The summed E-state index contributed by atoms with van der Waals surface area (Å²) in [4.78, 5) is 7.43. The molecule has 3 rings (SSSR count). The molecule has 0 spiro atoms. The SMILES string of the molecule is c1cc2c(CC3CCNCC3)c[nH]c2cn1. The molecule has 0 atom stereocenters. The Bertz CT molecular complexity index is 469. The van der Waals surface area contributed by atoms with Crippen LogP contribution in [0.4, 0.5) is 0 Å². The molecule has 0 radical (unpaired) electrons. The molecule has 0 aromatic carbocycles. The van der Waals surface area contributed by atoms with Gasteiger partial charge in [-0.15, -0.1) is 0 Å². The highest BCUT2D eigenvalue weighted by Gasteiger charge is 2.15. The summed E-state index contributed by atoms with van der Waals surface area (Å²) < 4.78 is 0. The molecule has 2 aromatic rings. The second-order valence-electron chi connectivity index (χ2n) is 4.63. The average molecular weight is 215 g/mol. The van der Waals surface area contributed by atoms with Crippen LogP contribution in [0.5, 0.6) is 0 Å². The van der Waals surface area contributed by atoms with Crippen molar-refractivity contribution in [3.8, 4) is 0 Å². The van der Waals surface area contributed by atoms with E-state index < -0.39 is 0 Å². The summed E-state index contributed by atoms with van der Waals surface area (Å²) in [6.07, 6.45) is 9.74. The van der Waals surface area contributed by atoms with Crippen LogP contribution in [-0.4, -0.2) is 23.1 Å². The minimum absolute atomic E-state index is 0.841. The highest BCUT2D eigenvalue weighted by Crippen LogP contribution is 2.23. The van der Waals surface area contributed by atoms with Crippen LogP contribution in [0, 0.1) is 5.92 Å². The number of hydrogen-bond acceptors (Lipinski definition) is 2. The number of aromatic amines is 1. The predicted octanol–water partition coefficient (Wildman–Crippen LogP) is 2.10.